The van der Waals surface area contributed by atoms with Crippen molar-refractivity contribution < 1.29 is 17.9 Å². The predicted octanol–water partition coefficient (Wildman–Crippen LogP) is 0.495. The van der Waals surface area contributed by atoms with E-state index >= 15 is 0 Å². The Morgan fingerprint density at radius 3 is 2.79 bits per heavy atom. The van der Waals surface area contributed by atoms with Crippen molar-refractivity contribution in [2.24, 2.45) is 0 Å². The van der Waals surface area contributed by atoms with Gasteiger partial charge in [-0.05, 0) is 12.1 Å². The first kappa shape index (κ1) is 13.8. The van der Waals surface area contributed by atoms with Crippen molar-refractivity contribution in [3.05, 3.63) is 18.2 Å². The van der Waals surface area contributed by atoms with Gasteiger partial charge in [-0.25, -0.2) is 8.42 Å². The fourth-order valence-corrected chi connectivity index (χ4v) is 2.91. The maximum Gasteiger partial charge on any atom is 0.243 e. The van der Waals surface area contributed by atoms with E-state index in [1.165, 1.54) is 6.07 Å². The van der Waals surface area contributed by atoms with Crippen LogP contribution in [0, 0.1) is 0 Å². The molecule has 0 atom stereocenters. The maximum atomic E-state index is 11.7. The average molecular weight is 284 g/mol. The molecule has 19 heavy (non-hydrogen) atoms. The fraction of sp³-hybridized carbons (Fsp3) is 0.417. The summed E-state index contributed by atoms with van der Waals surface area (Å²) in [5.41, 5.74) is 1.07. The van der Waals surface area contributed by atoms with Crippen molar-refractivity contribution in [1.29, 1.82) is 0 Å². The monoisotopic (exact) mass is 284 g/mol. The number of carbonyl (C=O) groups excluding carboxylic acids is 1. The summed E-state index contributed by atoms with van der Waals surface area (Å²) in [5, 5.41) is 2.64. The molecule has 0 saturated heterocycles. The molecule has 1 N–H and O–H groups in total. The molecule has 1 aromatic carbocycles. The largest absolute Gasteiger partial charge is 0.383 e. The average Bonchev–Trinajstić information content (AvgIpc) is 2.33. The Labute approximate surface area is 112 Å². The number of benzene rings is 1. The normalized spacial score (nSPS) is 15.1. The van der Waals surface area contributed by atoms with Crippen LogP contribution < -0.4 is 10.2 Å². The number of sulfone groups is 1. The molecule has 1 aliphatic rings. The Hall–Kier alpha value is -1.60. The van der Waals surface area contributed by atoms with E-state index in [4.69, 9.17) is 4.74 Å². The third kappa shape index (κ3) is 2.87. The molecular weight excluding hydrogens is 268 g/mol. The smallest absolute Gasteiger partial charge is 0.243 e. The Kier molecular flexibility index (Phi) is 3.77. The minimum absolute atomic E-state index is 0.139. The van der Waals surface area contributed by atoms with Crippen LogP contribution in [0.1, 0.15) is 0 Å². The second kappa shape index (κ2) is 5.18. The number of rotatable bonds is 4. The van der Waals surface area contributed by atoms with Gasteiger partial charge in [-0.15, -0.1) is 0 Å². The zero-order valence-electron chi connectivity index (χ0n) is 10.8. The Bertz CT molecular complexity index is 598. The number of fused-ring (bicyclic) bond motifs is 1. The van der Waals surface area contributed by atoms with Crippen molar-refractivity contribution in [3.8, 4) is 0 Å². The molecule has 7 heteroatoms. The first-order valence-electron chi connectivity index (χ1n) is 5.80. The second-order valence-corrected chi connectivity index (χ2v) is 6.37. The lowest BCUT2D eigenvalue weighted by atomic mass is 10.2. The number of amides is 1. The topological polar surface area (TPSA) is 75.7 Å². The molecular formula is C12H16N2O4S. The molecule has 1 aliphatic heterocycles. The molecule has 0 fully saturated rings. The molecule has 1 amide bonds. The number of ether oxygens (including phenoxy) is 1. The van der Waals surface area contributed by atoms with Gasteiger partial charge in [0.25, 0.3) is 0 Å². The summed E-state index contributed by atoms with van der Waals surface area (Å²) in [4.78, 5) is 13.6. The molecule has 2 rings (SSSR count). The van der Waals surface area contributed by atoms with Crippen molar-refractivity contribution in [2.75, 3.05) is 43.3 Å². The van der Waals surface area contributed by atoms with Crippen LogP contribution in [0.4, 0.5) is 11.4 Å². The number of nitrogens with zero attached hydrogens (tertiary/aromatic N) is 1. The van der Waals surface area contributed by atoms with Crippen LogP contribution in [0.5, 0.6) is 0 Å². The lowest BCUT2D eigenvalue weighted by Gasteiger charge is -2.31. The van der Waals surface area contributed by atoms with E-state index in [0.29, 0.717) is 24.5 Å². The third-order valence-corrected chi connectivity index (χ3v) is 4.05. The molecule has 6 nitrogen and oxygen atoms in total. The highest BCUT2D eigenvalue weighted by Gasteiger charge is 2.26. The minimum Gasteiger partial charge on any atom is -0.383 e. The molecule has 0 unspecified atom stereocenters. The van der Waals surface area contributed by atoms with E-state index in [-0.39, 0.29) is 17.3 Å². The van der Waals surface area contributed by atoms with Gasteiger partial charge in [-0.2, -0.15) is 0 Å². The van der Waals surface area contributed by atoms with Gasteiger partial charge in [0, 0.05) is 19.9 Å². The van der Waals surface area contributed by atoms with Gasteiger partial charge in [-0.3, -0.25) is 4.79 Å². The van der Waals surface area contributed by atoms with Crippen LogP contribution in [0.25, 0.3) is 0 Å². The summed E-state index contributed by atoms with van der Waals surface area (Å²) in [6.45, 7) is 1.20. The number of hydrogen-bond donors (Lipinski definition) is 1. The standard InChI is InChI=1S/C12H16N2O4S/c1-18-7-6-14-8-11(15)13-12-9(14)4-3-5-10(12)19(2,16)17/h3-5H,6-8H2,1-2H3,(H,13,15). The second-order valence-electron chi connectivity index (χ2n) is 4.38. The van der Waals surface area contributed by atoms with Crippen LogP contribution >= 0.6 is 0 Å². The van der Waals surface area contributed by atoms with Crippen molar-refractivity contribution in [1.82, 2.24) is 0 Å². The number of para-hydroxylation sites is 1. The Balaban J connectivity index is 2.49. The summed E-state index contributed by atoms with van der Waals surface area (Å²) < 4.78 is 28.5. The Morgan fingerprint density at radius 2 is 2.16 bits per heavy atom. The fourth-order valence-electron chi connectivity index (χ4n) is 2.06. The number of methoxy groups -OCH3 is 1. The molecule has 0 aromatic heterocycles. The van der Waals surface area contributed by atoms with Crippen LogP contribution in [-0.2, 0) is 19.4 Å². The predicted molar refractivity (Wildman–Crippen MR) is 72.3 cm³/mol. The SMILES string of the molecule is COCCN1CC(=O)Nc2c1cccc2S(C)(=O)=O. The zero-order valence-corrected chi connectivity index (χ0v) is 11.7. The lowest BCUT2D eigenvalue weighted by molar-refractivity contribution is -0.115. The zero-order chi connectivity index (χ0) is 14.0. The molecule has 0 bridgehead atoms. The summed E-state index contributed by atoms with van der Waals surface area (Å²) in [7, 11) is -1.80. The summed E-state index contributed by atoms with van der Waals surface area (Å²) in [6, 6.07) is 4.96. The molecule has 0 spiro atoms. The summed E-state index contributed by atoms with van der Waals surface area (Å²) >= 11 is 0. The lowest BCUT2D eigenvalue weighted by Crippen LogP contribution is -2.40. The van der Waals surface area contributed by atoms with E-state index in [1.807, 2.05) is 4.90 Å². The highest BCUT2D eigenvalue weighted by atomic mass is 32.2. The number of nitrogens with one attached hydrogen (secondary N) is 1. The third-order valence-electron chi connectivity index (χ3n) is 2.91. The summed E-state index contributed by atoms with van der Waals surface area (Å²) in [6.07, 6.45) is 1.13. The molecule has 0 saturated carbocycles. The first-order valence-corrected chi connectivity index (χ1v) is 7.69. The van der Waals surface area contributed by atoms with E-state index in [1.54, 1.807) is 19.2 Å². The quantitative estimate of drug-likeness (QED) is 0.871. The van der Waals surface area contributed by atoms with Crippen LogP contribution in [0.3, 0.4) is 0 Å². The number of carbonyl (C=O) groups is 1. The van der Waals surface area contributed by atoms with Crippen molar-refractivity contribution in [2.45, 2.75) is 4.90 Å². The van der Waals surface area contributed by atoms with Crippen LogP contribution in [0.2, 0.25) is 0 Å². The molecule has 0 radical (unpaired) electrons. The number of anilines is 2. The molecule has 0 aliphatic carbocycles. The van der Waals surface area contributed by atoms with Crippen molar-refractivity contribution in [3.63, 3.8) is 0 Å². The minimum atomic E-state index is -3.38. The van der Waals surface area contributed by atoms with E-state index < -0.39 is 9.84 Å². The molecule has 104 valence electrons. The highest BCUT2D eigenvalue weighted by Crippen LogP contribution is 2.34. The van der Waals surface area contributed by atoms with Gasteiger partial charge in [0.2, 0.25) is 5.91 Å². The molecule has 1 heterocycles. The number of hydrogen-bond acceptors (Lipinski definition) is 5. The van der Waals surface area contributed by atoms with E-state index in [0.717, 1.165) is 6.26 Å². The maximum absolute atomic E-state index is 11.7. The summed E-state index contributed by atoms with van der Waals surface area (Å²) in [5.74, 6) is -0.222. The van der Waals surface area contributed by atoms with Gasteiger partial charge in [0.1, 0.15) is 0 Å². The van der Waals surface area contributed by atoms with Gasteiger partial charge in [-0.1, -0.05) is 6.07 Å². The van der Waals surface area contributed by atoms with E-state index in [9.17, 15) is 13.2 Å². The van der Waals surface area contributed by atoms with Crippen LogP contribution in [-0.4, -0.2) is 47.4 Å². The van der Waals surface area contributed by atoms with Gasteiger partial charge < -0.3 is 15.0 Å². The van der Waals surface area contributed by atoms with Gasteiger partial charge in [0.15, 0.2) is 9.84 Å². The van der Waals surface area contributed by atoms with Crippen LogP contribution in [0.15, 0.2) is 23.1 Å². The Morgan fingerprint density at radius 1 is 1.42 bits per heavy atom. The van der Waals surface area contributed by atoms with E-state index in [2.05, 4.69) is 5.32 Å². The van der Waals surface area contributed by atoms with Gasteiger partial charge in [0.05, 0.1) is 29.4 Å². The highest BCUT2D eigenvalue weighted by molar-refractivity contribution is 7.90. The van der Waals surface area contributed by atoms with Crippen molar-refractivity contribution >= 4 is 27.1 Å². The first-order chi connectivity index (χ1) is 8.93. The molecule has 1 aromatic rings. The van der Waals surface area contributed by atoms with Gasteiger partial charge >= 0.3 is 0 Å².